The molecule has 0 aliphatic heterocycles. The summed E-state index contributed by atoms with van der Waals surface area (Å²) in [7, 11) is 0. The number of aliphatic hydroxyl groups is 1. The minimum atomic E-state index is -0.973. The van der Waals surface area contributed by atoms with Crippen LogP contribution in [0.4, 0.5) is 4.39 Å². The molecule has 0 aliphatic rings. The van der Waals surface area contributed by atoms with E-state index in [1.807, 2.05) is 0 Å². The molecule has 1 rings (SSSR count). The summed E-state index contributed by atoms with van der Waals surface area (Å²) in [5.41, 5.74) is 1.91. The molecule has 0 amide bonds. The van der Waals surface area contributed by atoms with E-state index < -0.39 is 10.9 Å². The van der Waals surface area contributed by atoms with E-state index in [9.17, 15) is 9.50 Å². The number of benzene rings is 1. The van der Waals surface area contributed by atoms with Crippen LogP contribution in [0.3, 0.4) is 0 Å². The Balaban J connectivity index is 3.20. The second-order valence-electron chi connectivity index (χ2n) is 3.23. The van der Waals surface area contributed by atoms with E-state index in [0.717, 1.165) is 0 Å². The first-order valence-corrected chi connectivity index (χ1v) is 5.03. The van der Waals surface area contributed by atoms with Crippen LogP contribution in [0, 0.1) is 19.7 Å². The number of alkyl halides is 2. The van der Waals surface area contributed by atoms with Gasteiger partial charge >= 0.3 is 0 Å². The summed E-state index contributed by atoms with van der Waals surface area (Å²) >= 11 is 11.1. The summed E-state index contributed by atoms with van der Waals surface area (Å²) in [4.78, 5) is -0.905. The summed E-state index contributed by atoms with van der Waals surface area (Å²) < 4.78 is 12.9. The summed E-state index contributed by atoms with van der Waals surface area (Å²) in [6.45, 7) is 3.43. The maximum absolute atomic E-state index is 12.9. The van der Waals surface area contributed by atoms with E-state index in [1.165, 1.54) is 12.1 Å². The van der Waals surface area contributed by atoms with Crippen molar-refractivity contribution in [3.05, 3.63) is 34.6 Å². The molecule has 0 spiro atoms. The molecule has 0 saturated heterocycles. The van der Waals surface area contributed by atoms with Crippen molar-refractivity contribution in [3.63, 3.8) is 0 Å². The lowest BCUT2D eigenvalue weighted by atomic mass is 9.98. The Hall–Kier alpha value is -0.310. The minimum Gasteiger partial charge on any atom is -0.386 e. The van der Waals surface area contributed by atoms with Gasteiger partial charge in [-0.15, -0.1) is 23.2 Å². The standard InChI is InChI=1S/C10H11Cl2FO/c1-5-3-7(13)4-6(2)8(5)9(14)10(11)12/h3-4,9-10,14H,1-2H3. The predicted molar refractivity (Wildman–Crippen MR) is 56.3 cm³/mol. The zero-order valence-corrected chi connectivity index (χ0v) is 9.40. The van der Waals surface area contributed by atoms with Crippen LogP contribution in [-0.2, 0) is 0 Å². The van der Waals surface area contributed by atoms with Crippen molar-refractivity contribution in [2.45, 2.75) is 24.8 Å². The van der Waals surface area contributed by atoms with Crippen molar-refractivity contribution in [1.29, 1.82) is 0 Å². The summed E-state index contributed by atoms with van der Waals surface area (Å²) in [5.74, 6) is -0.323. The Labute approximate surface area is 92.5 Å². The second kappa shape index (κ2) is 4.47. The summed E-state index contributed by atoms with van der Waals surface area (Å²) in [6.07, 6.45) is -0.973. The first-order chi connectivity index (χ1) is 6.43. The van der Waals surface area contributed by atoms with Crippen LogP contribution in [0.2, 0.25) is 0 Å². The fourth-order valence-corrected chi connectivity index (χ4v) is 1.77. The molecule has 1 aromatic rings. The van der Waals surface area contributed by atoms with Gasteiger partial charge in [0.1, 0.15) is 16.8 Å². The highest BCUT2D eigenvalue weighted by Crippen LogP contribution is 2.29. The normalized spacial score (nSPS) is 13.4. The Kier molecular flexibility index (Phi) is 3.76. The molecule has 0 aliphatic carbocycles. The molecule has 1 N–H and O–H groups in total. The monoisotopic (exact) mass is 236 g/mol. The van der Waals surface area contributed by atoms with E-state index in [0.29, 0.717) is 16.7 Å². The molecule has 0 radical (unpaired) electrons. The lowest BCUT2D eigenvalue weighted by Crippen LogP contribution is -2.10. The second-order valence-corrected chi connectivity index (χ2v) is 4.40. The molecule has 4 heteroatoms. The Bertz CT molecular complexity index is 316. The van der Waals surface area contributed by atoms with Gasteiger partial charge in [-0.3, -0.25) is 0 Å². The highest BCUT2D eigenvalue weighted by atomic mass is 35.5. The minimum absolute atomic E-state index is 0.323. The lowest BCUT2D eigenvalue weighted by molar-refractivity contribution is 0.191. The van der Waals surface area contributed by atoms with Crippen molar-refractivity contribution in [2.24, 2.45) is 0 Å². The lowest BCUT2D eigenvalue weighted by Gasteiger charge is -2.17. The Morgan fingerprint density at radius 3 is 2.00 bits per heavy atom. The first kappa shape index (κ1) is 11.8. The maximum Gasteiger partial charge on any atom is 0.137 e. The van der Waals surface area contributed by atoms with Crippen molar-refractivity contribution in [3.8, 4) is 0 Å². The van der Waals surface area contributed by atoms with Crippen molar-refractivity contribution >= 4 is 23.2 Å². The number of halogens is 3. The highest BCUT2D eigenvalue weighted by molar-refractivity contribution is 6.44. The van der Waals surface area contributed by atoms with Gasteiger partial charge in [-0.2, -0.15) is 0 Å². The number of hydrogen-bond acceptors (Lipinski definition) is 1. The Morgan fingerprint density at radius 1 is 1.21 bits per heavy atom. The van der Waals surface area contributed by atoms with Gasteiger partial charge in [0.2, 0.25) is 0 Å². The topological polar surface area (TPSA) is 20.2 Å². The van der Waals surface area contributed by atoms with E-state index >= 15 is 0 Å². The van der Waals surface area contributed by atoms with E-state index in [4.69, 9.17) is 23.2 Å². The number of aryl methyl sites for hydroxylation is 2. The number of aliphatic hydroxyl groups excluding tert-OH is 1. The zero-order chi connectivity index (χ0) is 10.9. The van der Waals surface area contributed by atoms with Gasteiger partial charge in [0.15, 0.2) is 0 Å². The van der Waals surface area contributed by atoms with Gasteiger partial charge in [0.25, 0.3) is 0 Å². The van der Waals surface area contributed by atoms with Crippen LogP contribution in [0.25, 0.3) is 0 Å². The largest absolute Gasteiger partial charge is 0.386 e. The van der Waals surface area contributed by atoms with Gasteiger partial charge in [-0.1, -0.05) is 0 Å². The molecule has 78 valence electrons. The maximum atomic E-state index is 12.9. The van der Waals surface area contributed by atoms with E-state index in [1.54, 1.807) is 13.8 Å². The van der Waals surface area contributed by atoms with Crippen LogP contribution < -0.4 is 0 Å². The van der Waals surface area contributed by atoms with Gasteiger partial charge < -0.3 is 5.11 Å². The first-order valence-electron chi connectivity index (χ1n) is 4.16. The van der Waals surface area contributed by atoms with Gasteiger partial charge in [-0.05, 0) is 42.7 Å². The van der Waals surface area contributed by atoms with Gasteiger partial charge in [0.05, 0.1) is 0 Å². The Morgan fingerprint density at radius 2 is 1.64 bits per heavy atom. The fraction of sp³-hybridized carbons (Fsp3) is 0.400. The van der Waals surface area contributed by atoms with Crippen LogP contribution in [0.1, 0.15) is 22.8 Å². The third kappa shape index (κ3) is 2.38. The van der Waals surface area contributed by atoms with Crippen molar-refractivity contribution in [2.75, 3.05) is 0 Å². The highest BCUT2D eigenvalue weighted by Gasteiger charge is 2.20. The molecule has 14 heavy (non-hydrogen) atoms. The quantitative estimate of drug-likeness (QED) is 0.782. The molecular formula is C10H11Cl2FO. The molecule has 1 atom stereocenters. The van der Waals surface area contributed by atoms with E-state index in [2.05, 4.69) is 0 Å². The summed E-state index contributed by atoms with van der Waals surface area (Å²) in [5, 5.41) is 9.66. The van der Waals surface area contributed by atoms with Crippen molar-refractivity contribution < 1.29 is 9.50 Å². The molecule has 0 saturated carbocycles. The molecular weight excluding hydrogens is 226 g/mol. The smallest absolute Gasteiger partial charge is 0.137 e. The molecule has 0 aromatic heterocycles. The average molecular weight is 237 g/mol. The van der Waals surface area contributed by atoms with Gasteiger partial charge in [-0.25, -0.2) is 4.39 Å². The molecule has 0 fully saturated rings. The van der Waals surface area contributed by atoms with Crippen molar-refractivity contribution in [1.82, 2.24) is 0 Å². The molecule has 0 heterocycles. The van der Waals surface area contributed by atoms with Gasteiger partial charge in [0, 0.05) is 0 Å². The average Bonchev–Trinajstić information content (AvgIpc) is 2.01. The van der Waals surface area contributed by atoms with Crippen LogP contribution in [0.5, 0.6) is 0 Å². The predicted octanol–water partition coefficient (Wildman–Crippen LogP) is 3.28. The SMILES string of the molecule is Cc1cc(F)cc(C)c1C(O)C(Cl)Cl. The number of rotatable bonds is 2. The molecule has 1 aromatic carbocycles. The third-order valence-electron chi connectivity index (χ3n) is 2.09. The number of hydrogen-bond donors (Lipinski definition) is 1. The molecule has 1 unspecified atom stereocenters. The van der Waals surface area contributed by atoms with Crippen LogP contribution in [-0.4, -0.2) is 9.94 Å². The zero-order valence-electron chi connectivity index (χ0n) is 7.89. The summed E-state index contributed by atoms with van der Waals surface area (Å²) in [6, 6.07) is 2.70. The van der Waals surface area contributed by atoms with Crippen LogP contribution in [0.15, 0.2) is 12.1 Å². The van der Waals surface area contributed by atoms with Crippen LogP contribution >= 0.6 is 23.2 Å². The fourth-order valence-electron chi connectivity index (χ4n) is 1.51. The molecule has 0 bridgehead atoms. The third-order valence-corrected chi connectivity index (χ3v) is 2.57. The van der Waals surface area contributed by atoms with E-state index in [-0.39, 0.29) is 5.82 Å². The molecule has 1 nitrogen and oxygen atoms in total.